The fourth-order valence-corrected chi connectivity index (χ4v) is 3.46. The van der Waals surface area contributed by atoms with Crippen molar-refractivity contribution in [2.24, 2.45) is 0 Å². The van der Waals surface area contributed by atoms with Crippen LogP contribution in [0.25, 0.3) is 0 Å². The van der Waals surface area contributed by atoms with Crippen LogP contribution in [-0.4, -0.2) is 32.2 Å². The van der Waals surface area contributed by atoms with Gasteiger partial charge in [-0.3, -0.25) is 4.90 Å². The van der Waals surface area contributed by atoms with Crippen molar-refractivity contribution in [3.63, 3.8) is 0 Å². The van der Waals surface area contributed by atoms with Gasteiger partial charge >= 0.3 is 6.09 Å². The van der Waals surface area contributed by atoms with Gasteiger partial charge in [0.25, 0.3) is 0 Å². The van der Waals surface area contributed by atoms with E-state index in [0.29, 0.717) is 31.5 Å². The Labute approximate surface area is 148 Å². The Bertz CT molecular complexity index is 786. The quantitative estimate of drug-likeness (QED) is 0.827. The van der Waals surface area contributed by atoms with Crippen LogP contribution in [0.3, 0.4) is 0 Å². The maximum Gasteiger partial charge on any atom is 0.407 e. The van der Waals surface area contributed by atoms with Crippen LogP contribution >= 0.6 is 11.6 Å². The first-order valence-corrected chi connectivity index (χ1v) is 8.47. The fourth-order valence-electron chi connectivity index (χ4n) is 3.35. The number of benzene rings is 1. The smallest absolute Gasteiger partial charge is 0.407 e. The number of imidazole rings is 1. The molecule has 2 heterocycles. The summed E-state index contributed by atoms with van der Waals surface area (Å²) in [5.41, 5.74) is 1.26. The van der Waals surface area contributed by atoms with Gasteiger partial charge in [-0.15, -0.1) is 0 Å². The van der Waals surface area contributed by atoms with Crippen LogP contribution < -0.4 is 0 Å². The predicted molar refractivity (Wildman–Crippen MR) is 88.8 cm³/mol. The van der Waals surface area contributed by atoms with Crippen molar-refractivity contribution in [3.8, 4) is 0 Å². The van der Waals surface area contributed by atoms with E-state index in [1.807, 2.05) is 11.5 Å². The molecule has 1 N–H and O–H groups in total. The lowest BCUT2D eigenvalue weighted by Crippen LogP contribution is -2.41. The van der Waals surface area contributed by atoms with Crippen molar-refractivity contribution in [2.45, 2.75) is 38.8 Å². The van der Waals surface area contributed by atoms with Gasteiger partial charge in [0.2, 0.25) is 0 Å². The first-order valence-electron chi connectivity index (χ1n) is 8.09. The Balaban J connectivity index is 1.86. The highest BCUT2D eigenvalue weighted by Gasteiger charge is 2.32. The van der Waals surface area contributed by atoms with Crippen molar-refractivity contribution in [1.82, 2.24) is 14.5 Å². The summed E-state index contributed by atoms with van der Waals surface area (Å²) in [6, 6.07) is 1.98. The second-order valence-electron chi connectivity index (χ2n) is 6.01. The summed E-state index contributed by atoms with van der Waals surface area (Å²) in [5, 5.41) is 8.95. The van der Waals surface area contributed by atoms with E-state index in [2.05, 4.69) is 4.98 Å². The van der Waals surface area contributed by atoms with E-state index in [1.165, 1.54) is 17.0 Å². The van der Waals surface area contributed by atoms with Crippen LogP contribution in [0.15, 0.2) is 18.3 Å². The summed E-state index contributed by atoms with van der Waals surface area (Å²) in [5.74, 6) is -0.712. The number of halogens is 3. The minimum atomic E-state index is -1.01. The third kappa shape index (κ3) is 3.33. The molecule has 1 amide bonds. The zero-order chi connectivity index (χ0) is 18.1. The van der Waals surface area contributed by atoms with E-state index in [-0.39, 0.29) is 0 Å². The molecule has 1 aliphatic rings. The third-order valence-corrected chi connectivity index (χ3v) is 4.92. The Kier molecular flexibility index (Phi) is 4.94. The summed E-state index contributed by atoms with van der Waals surface area (Å²) >= 11 is 5.50. The van der Waals surface area contributed by atoms with Crippen molar-refractivity contribution in [3.05, 3.63) is 52.1 Å². The van der Waals surface area contributed by atoms with Crippen molar-refractivity contribution in [2.75, 3.05) is 6.54 Å². The van der Waals surface area contributed by atoms with E-state index in [0.717, 1.165) is 17.9 Å². The largest absolute Gasteiger partial charge is 0.465 e. The molecule has 1 unspecified atom stereocenters. The van der Waals surface area contributed by atoms with Crippen LogP contribution in [0.2, 0.25) is 5.02 Å². The average molecular weight is 370 g/mol. The van der Waals surface area contributed by atoms with Gasteiger partial charge in [-0.2, -0.15) is 0 Å². The molecule has 0 spiro atoms. The SMILES string of the molecule is CCc1ncc2n1CCN(C(=O)O)C2CCc1cc(F)c(Cl)c(F)c1. The summed E-state index contributed by atoms with van der Waals surface area (Å²) in [4.78, 5) is 17.3. The molecular formula is C17H18ClF2N3O2. The number of carboxylic acid groups (broad SMARTS) is 1. The number of rotatable bonds is 4. The normalized spacial score (nSPS) is 16.8. The second kappa shape index (κ2) is 7.00. The van der Waals surface area contributed by atoms with Gasteiger partial charge in [0.05, 0.1) is 17.9 Å². The number of aryl methyl sites for hydroxylation is 2. The van der Waals surface area contributed by atoms with Gasteiger partial charge < -0.3 is 9.67 Å². The Morgan fingerprint density at radius 1 is 1.36 bits per heavy atom. The fraction of sp³-hybridized carbons (Fsp3) is 0.412. The molecule has 3 rings (SSSR count). The summed E-state index contributed by atoms with van der Waals surface area (Å²) < 4.78 is 29.3. The zero-order valence-corrected chi connectivity index (χ0v) is 14.4. The Morgan fingerprint density at radius 3 is 2.64 bits per heavy atom. The molecule has 134 valence electrons. The molecular weight excluding hydrogens is 352 g/mol. The first-order chi connectivity index (χ1) is 11.9. The van der Waals surface area contributed by atoms with Crippen LogP contribution in [0.5, 0.6) is 0 Å². The number of amides is 1. The van der Waals surface area contributed by atoms with Crippen LogP contribution in [0, 0.1) is 11.6 Å². The highest BCUT2D eigenvalue weighted by atomic mass is 35.5. The molecule has 1 aromatic carbocycles. The molecule has 0 fully saturated rings. The standard InChI is InChI=1S/C17H18ClF2N3O2/c1-2-15-21-9-14-13(23(17(24)25)6-5-22(14)15)4-3-10-7-11(19)16(18)12(20)8-10/h7-9,13H,2-6H2,1H3,(H,24,25). The molecule has 0 radical (unpaired) electrons. The van der Waals surface area contributed by atoms with Crippen LogP contribution in [0.1, 0.15) is 36.5 Å². The van der Waals surface area contributed by atoms with Crippen molar-refractivity contribution < 1.29 is 18.7 Å². The second-order valence-corrected chi connectivity index (χ2v) is 6.39. The minimum absolute atomic E-state index is 0.325. The molecule has 0 saturated carbocycles. The van der Waals surface area contributed by atoms with E-state index in [1.54, 1.807) is 6.20 Å². The molecule has 1 atom stereocenters. The summed E-state index contributed by atoms with van der Waals surface area (Å²) in [6.45, 7) is 2.92. The van der Waals surface area contributed by atoms with Gasteiger partial charge in [0.1, 0.15) is 22.5 Å². The van der Waals surface area contributed by atoms with Gasteiger partial charge in [-0.25, -0.2) is 18.6 Å². The third-order valence-electron chi connectivity index (χ3n) is 4.56. The number of nitrogens with zero attached hydrogens (tertiary/aromatic N) is 3. The van der Waals surface area contributed by atoms with E-state index < -0.39 is 28.8 Å². The minimum Gasteiger partial charge on any atom is -0.465 e. The molecule has 0 aliphatic carbocycles. The van der Waals surface area contributed by atoms with Gasteiger partial charge in [-0.05, 0) is 30.5 Å². The van der Waals surface area contributed by atoms with Gasteiger partial charge in [0.15, 0.2) is 0 Å². The highest BCUT2D eigenvalue weighted by Crippen LogP contribution is 2.31. The predicted octanol–water partition coefficient (Wildman–Crippen LogP) is 4.04. The summed E-state index contributed by atoms with van der Waals surface area (Å²) in [6.07, 6.45) is 2.17. The maximum atomic E-state index is 13.6. The number of aromatic nitrogens is 2. The molecule has 1 aliphatic heterocycles. The molecule has 0 saturated heterocycles. The highest BCUT2D eigenvalue weighted by molar-refractivity contribution is 6.30. The number of hydrogen-bond donors (Lipinski definition) is 1. The van der Waals surface area contributed by atoms with E-state index in [9.17, 15) is 18.7 Å². The zero-order valence-electron chi connectivity index (χ0n) is 13.7. The number of hydrogen-bond acceptors (Lipinski definition) is 2. The van der Waals surface area contributed by atoms with Gasteiger partial charge in [-0.1, -0.05) is 18.5 Å². The molecule has 2 aromatic rings. The first kappa shape index (κ1) is 17.7. The lowest BCUT2D eigenvalue weighted by molar-refractivity contribution is 0.106. The van der Waals surface area contributed by atoms with Gasteiger partial charge in [0, 0.05) is 19.5 Å². The molecule has 0 bridgehead atoms. The molecule has 5 nitrogen and oxygen atoms in total. The van der Waals surface area contributed by atoms with E-state index >= 15 is 0 Å². The van der Waals surface area contributed by atoms with Crippen molar-refractivity contribution in [1.29, 1.82) is 0 Å². The average Bonchev–Trinajstić information content (AvgIpc) is 3.00. The molecule has 25 heavy (non-hydrogen) atoms. The lowest BCUT2D eigenvalue weighted by atomic mass is 10.0. The molecule has 8 heteroatoms. The van der Waals surface area contributed by atoms with Crippen LogP contribution in [-0.2, 0) is 19.4 Å². The number of fused-ring (bicyclic) bond motifs is 1. The van der Waals surface area contributed by atoms with Crippen molar-refractivity contribution >= 4 is 17.7 Å². The topological polar surface area (TPSA) is 58.4 Å². The summed E-state index contributed by atoms with van der Waals surface area (Å²) in [7, 11) is 0. The lowest BCUT2D eigenvalue weighted by Gasteiger charge is -2.35. The molecule has 1 aromatic heterocycles. The Hall–Kier alpha value is -2.15. The monoisotopic (exact) mass is 369 g/mol. The van der Waals surface area contributed by atoms with Crippen LogP contribution in [0.4, 0.5) is 13.6 Å². The Morgan fingerprint density at radius 2 is 2.04 bits per heavy atom. The number of carbonyl (C=O) groups is 1. The maximum absolute atomic E-state index is 13.6. The van der Waals surface area contributed by atoms with E-state index in [4.69, 9.17) is 11.6 Å².